The van der Waals surface area contributed by atoms with E-state index in [4.69, 9.17) is 4.74 Å². The maximum absolute atomic E-state index is 12.6. The summed E-state index contributed by atoms with van der Waals surface area (Å²) in [6.45, 7) is 0.981. The minimum atomic E-state index is -0.440. The highest BCUT2D eigenvalue weighted by Gasteiger charge is 2.30. The third kappa shape index (κ3) is 6.97. The van der Waals surface area contributed by atoms with Gasteiger partial charge in [0.15, 0.2) is 6.61 Å². The summed E-state index contributed by atoms with van der Waals surface area (Å²) in [5.74, 6) is -1.14. The molecule has 2 aromatic rings. The van der Waals surface area contributed by atoms with Crippen LogP contribution in [0, 0.1) is 5.92 Å². The van der Waals surface area contributed by atoms with Gasteiger partial charge >= 0.3 is 12.0 Å². The van der Waals surface area contributed by atoms with Gasteiger partial charge in [-0.1, -0.05) is 30.3 Å². The first-order chi connectivity index (χ1) is 15.8. The third-order valence-electron chi connectivity index (χ3n) is 5.70. The summed E-state index contributed by atoms with van der Waals surface area (Å²) < 4.78 is 5.30. The number of nitrogens with one attached hydrogen (secondary N) is 1. The Labute approximate surface area is 195 Å². The number of benzene rings is 2. The van der Waals surface area contributed by atoms with Crippen molar-refractivity contribution in [1.29, 1.82) is 0 Å². The number of ether oxygens (including phenoxy) is 1. The number of likely N-dealkylation sites (N-methyl/N-ethyl adjacent to an activating group) is 1. The summed E-state index contributed by atoms with van der Waals surface area (Å²) in [5, 5.41) is 2.84. The summed E-state index contributed by atoms with van der Waals surface area (Å²) in [5.41, 5.74) is 2.79. The second kappa shape index (κ2) is 11.4. The van der Waals surface area contributed by atoms with Crippen LogP contribution in [0.3, 0.4) is 0 Å². The van der Waals surface area contributed by atoms with Crippen LogP contribution in [0.15, 0.2) is 54.6 Å². The standard InChI is InChI=1S/C25H32N4O4/c1-27(2)22-13-11-19(12-14-22)16-28(3)23(30)18-33-24(31)20-8-7-15-29(17-20)25(32)26-21-9-5-4-6-10-21/h4-6,9-14,20H,7-8,15-18H2,1-3H3,(H,26,32). The number of esters is 1. The van der Waals surface area contributed by atoms with Crippen molar-refractivity contribution >= 4 is 29.3 Å². The molecular formula is C25H32N4O4. The molecule has 0 spiro atoms. The van der Waals surface area contributed by atoms with Crippen LogP contribution in [0.4, 0.5) is 16.2 Å². The molecule has 176 valence electrons. The molecule has 1 N–H and O–H groups in total. The van der Waals surface area contributed by atoms with Crippen molar-refractivity contribution < 1.29 is 19.1 Å². The first-order valence-corrected chi connectivity index (χ1v) is 11.1. The third-order valence-corrected chi connectivity index (χ3v) is 5.70. The van der Waals surface area contributed by atoms with Gasteiger partial charge in [-0.3, -0.25) is 9.59 Å². The van der Waals surface area contributed by atoms with Crippen LogP contribution in [0.25, 0.3) is 0 Å². The molecule has 1 unspecified atom stereocenters. The Kier molecular flexibility index (Phi) is 8.29. The monoisotopic (exact) mass is 452 g/mol. The molecule has 3 amide bonds. The smallest absolute Gasteiger partial charge is 0.321 e. The van der Waals surface area contributed by atoms with E-state index in [1.54, 1.807) is 16.8 Å². The summed E-state index contributed by atoms with van der Waals surface area (Å²) in [6.07, 6.45) is 1.34. The minimum Gasteiger partial charge on any atom is -0.455 e. The van der Waals surface area contributed by atoms with Gasteiger partial charge in [-0.25, -0.2) is 4.79 Å². The SMILES string of the molecule is CN(Cc1ccc(N(C)C)cc1)C(=O)COC(=O)C1CCCN(C(=O)Nc2ccccc2)C1. The van der Waals surface area contributed by atoms with E-state index in [-0.39, 0.29) is 25.1 Å². The molecular weight excluding hydrogens is 420 g/mol. The second-order valence-electron chi connectivity index (χ2n) is 8.50. The number of urea groups is 1. The van der Waals surface area contributed by atoms with Crippen molar-refractivity contribution in [3.8, 4) is 0 Å². The zero-order valence-corrected chi connectivity index (χ0v) is 19.5. The van der Waals surface area contributed by atoms with E-state index < -0.39 is 11.9 Å². The van der Waals surface area contributed by atoms with Crippen LogP contribution in [-0.4, -0.2) is 68.5 Å². The molecule has 0 aromatic heterocycles. The average molecular weight is 453 g/mol. The molecule has 8 nitrogen and oxygen atoms in total. The summed E-state index contributed by atoms with van der Waals surface area (Å²) in [7, 11) is 5.63. The van der Waals surface area contributed by atoms with E-state index in [0.29, 0.717) is 31.6 Å². The Hall–Kier alpha value is -3.55. The molecule has 1 fully saturated rings. The van der Waals surface area contributed by atoms with Crippen LogP contribution in [0.5, 0.6) is 0 Å². The van der Waals surface area contributed by atoms with Gasteiger partial charge < -0.3 is 24.8 Å². The molecule has 1 aliphatic rings. The first-order valence-electron chi connectivity index (χ1n) is 11.1. The Morgan fingerprint density at radius 3 is 2.39 bits per heavy atom. The zero-order valence-electron chi connectivity index (χ0n) is 19.5. The number of carbonyl (C=O) groups is 3. The van der Waals surface area contributed by atoms with E-state index in [0.717, 1.165) is 11.3 Å². The lowest BCUT2D eigenvalue weighted by atomic mass is 9.98. The lowest BCUT2D eigenvalue weighted by Gasteiger charge is -2.31. The number of para-hydroxylation sites is 1. The van der Waals surface area contributed by atoms with Crippen LogP contribution >= 0.6 is 0 Å². The van der Waals surface area contributed by atoms with Gasteiger partial charge in [0.05, 0.1) is 5.92 Å². The number of likely N-dealkylation sites (tertiary alicyclic amines) is 1. The number of rotatable bonds is 7. The zero-order chi connectivity index (χ0) is 23.8. The van der Waals surface area contributed by atoms with Crippen molar-refractivity contribution in [2.75, 3.05) is 51.1 Å². The van der Waals surface area contributed by atoms with Crippen molar-refractivity contribution in [2.24, 2.45) is 5.92 Å². The number of hydrogen-bond acceptors (Lipinski definition) is 5. The number of hydrogen-bond donors (Lipinski definition) is 1. The number of amides is 3. The van der Waals surface area contributed by atoms with Gasteiger partial charge in [0, 0.05) is 52.2 Å². The van der Waals surface area contributed by atoms with Crippen LogP contribution < -0.4 is 10.2 Å². The molecule has 0 bridgehead atoms. The Bertz CT molecular complexity index is 947. The summed E-state index contributed by atoms with van der Waals surface area (Å²) in [6, 6.07) is 16.9. The average Bonchev–Trinajstić information content (AvgIpc) is 2.83. The van der Waals surface area contributed by atoms with Gasteiger partial charge in [0.1, 0.15) is 0 Å². The van der Waals surface area contributed by atoms with Crippen molar-refractivity contribution in [3.05, 3.63) is 60.2 Å². The second-order valence-corrected chi connectivity index (χ2v) is 8.50. The molecule has 1 saturated heterocycles. The summed E-state index contributed by atoms with van der Waals surface area (Å²) in [4.78, 5) is 42.7. The van der Waals surface area contributed by atoms with Gasteiger partial charge in [0.25, 0.3) is 5.91 Å². The van der Waals surface area contributed by atoms with E-state index in [1.807, 2.05) is 73.6 Å². The van der Waals surface area contributed by atoms with Crippen LogP contribution in [0.2, 0.25) is 0 Å². The fraction of sp³-hybridized carbons (Fsp3) is 0.400. The Morgan fingerprint density at radius 2 is 1.73 bits per heavy atom. The fourth-order valence-corrected chi connectivity index (χ4v) is 3.70. The molecule has 1 heterocycles. The van der Waals surface area contributed by atoms with Crippen molar-refractivity contribution in [2.45, 2.75) is 19.4 Å². The lowest BCUT2D eigenvalue weighted by Crippen LogP contribution is -2.45. The molecule has 2 aromatic carbocycles. The maximum atomic E-state index is 12.6. The van der Waals surface area contributed by atoms with Gasteiger partial charge in [-0.05, 0) is 42.7 Å². The molecule has 1 atom stereocenters. The van der Waals surface area contributed by atoms with E-state index in [2.05, 4.69) is 5.32 Å². The molecule has 1 aliphatic heterocycles. The van der Waals surface area contributed by atoms with Gasteiger partial charge in [-0.15, -0.1) is 0 Å². The normalized spacial score (nSPS) is 15.5. The molecule has 3 rings (SSSR count). The van der Waals surface area contributed by atoms with Crippen molar-refractivity contribution in [3.63, 3.8) is 0 Å². The highest BCUT2D eigenvalue weighted by molar-refractivity contribution is 5.90. The largest absolute Gasteiger partial charge is 0.455 e. The lowest BCUT2D eigenvalue weighted by molar-refractivity contribution is -0.156. The minimum absolute atomic E-state index is 0.241. The molecule has 0 radical (unpaired) electrons. The highest BCUT2D eigenvalue weighted by Crippen LogP contribution is 2.19. The number of piperidine rings is 1. The predicted molar refractivity (Wildman–Crippen MR) is 128 cm³/mol. The number of carbonyl (C=O) groups excluding carboxylic acids is 3. The predicted octanol–water partition coefficient (Wildman–Crippen LogP) is 3.20. The highest BCUT2D eigenvalue weighted by atomic mass is 16.5. The fourth-order valence-electron chi connectivity index (χ4n) is 3.70. The Morgan fingerprint density at radius 1 is 1.03 bits per heavy atom. The topological polar surface area (TPSA) is 82.2 Å². The molecule has 33 heavy (non-hydrogen) atoms. The van der Waals surface area contributed by atoms with E-state index in [1.165, 1.54) is 0 Å². The molecule has 0 saturated carbocycles. The summed E-state index contributed by atoms with van der Waals surface area (Å²) >= 11 is 0. The van der Waals surface area contributed by atoms with E-state index in [9.17, 15) is 14.4 Å². The Balaban J connectivity index is 1.45. The van der Waals surface area contributed by atoms with Gasteiger partial charge in [-0.2, -0.15) is 0 Å². The quantitative estimate of drug-likeness (QED) is 0.653. The molecule has 8 heteroatoms. The van der Waals surface area contributed by atoms with E-state index >= 15 is 0 Å². The molecule has 0 aliphatic carbocycles. The number of anilines is 2. The van der Waals surface area contributed by atoms with Crippen LogP contribution in [-0.2, 0) is 20.9 Å². The van der Waals surface area contributed by atoms with Crippen LogP contribution in [0.1, 0.15) is 18.4 Å². The van der Waals surface area contributed by atoms with Gasteiger partial charge in [0.2, 0.25) is 0 Å². The first kappa shape index (κ1) is 24.1. The number of nitrogens with zero attached hydrogens (tertiary/aromatic N) is 3. The van der Waals surface area contributed by atoms with Crippen molar-refractivity contribution in [1.82, 2.24) is 9.80 Å². The maximum Gasteiger partial charge on any atom is 0.321 e.